The van der Waals surface area contributed by atoms with E-state index < -0.39 is 0 Å². The van der Waals surface area contributed by atoms with Gasteiger partial charge in [0.15, 0.2) is 11.0 Å². The molecule has 0 aliphatic rings. The van der Waals surface area contributed by atoms with Crippen LogP contribution in [-0.4, -0.2) is 30.8 Å². The number of fused-ring (bicyclic) bond motifs is 1. The zero-order valence-electron chi connectivity index (χ0n) is 10.2. The van der Waals surface area contributed by atoms with Crippen LogP contribution in [0.4, 0.5) is 5.95 Å². The van der Waals surface area contributed by atoms with E-state index in [4.69, 9.17) is 5.73 Å². The van der Waals surface area contributed by atoms with Crippen molar-refractivity contribution in [3.63, 3.8) is 0 Å². The summed E-state index contributed by atoms with van der Waals surface area (Å²) in [5.74, 6) is 1.32. The second kappa shape index (κ2) is 5.45. The topological polar surface area (TPSA) is 82.0 Å². The molecule has 2 heterocycles. The normalized spacial score (nSPS) is 11.2. The average molecular weight is 463 g/mol. The van der Waals surface area contributed by atoms with Gasteiger partial charge < -0.3 is 5.73 Å². The summed E-state index contributed by atoms with van der Waals surface area (Å²) < 4.78 is 3.51. The number of hydrogen-bond acceptors (Lipinski definition) is 6. The molecule has 0 spiro atoms. The van der Waals surface area contributed by atoms with Crippen LogP contribution in [0.2, 0.25) is 0 Å². The van der Waals surface area contributed by atoms with E-state index in [1.807, 2.05) is 24.5 Å². The van der Waals surface area contributed by atoms with E-state index >= 15 is 0 Å². The van der Waals surface area contributed by atoms with Gasteiger partial charge in [-0.2, -0.15) is 19.5 Å². The van der Waals surface area contributed by atoms with Gasteiger partial charge in [-0.3, -0.25) is 0 Å². The third-order valence-corrected chi connectivity index (χ3v) is 4.50. The largest absolute Gasteiger partial charge is 0.368 e. The second-order valence-corrected chi connectivity index (χ2v) is 6.69. The highest BCUT2D eigenvalue weighted by atomic mass is 127. The standard InChI is InChI=1S/C11H8BrIN6S/c1-20-11-16-9(14)19-10(17-11)15-8(18-19)6-3-2-5(12)4-7(6)13/h2-4H,1H3,(H2,14,15,16,17,18). The molecule has 2 aromatic heterocycles. The van der Waals surface area contributed by atoms with Crippen molar-refractivity contribution in [3.05, 3.63) is 26.2 Å². The second-order valence-electron chi connectivity index (χ2n) is 3.84. The van der Waals surface area contributed by atoms with Crippen molar-refractivity contribution in [1.29, 1.82) is 0 Å². The first-order valence-electron chi connectivity index (χ1n) is 5.48. The van der Waals surface area contributed by atoms with E-state index in [0.29, 0.717) is 16.8 Å². The highest BCUT2D eigenvalue weighted by Gasteiger charge is 2.14. The van der Waals surface area contributed by atoms with E-state index in [1.165, 1.54) is 16.3 Å². The monoisotopic (exact) mass is 462 g/mol. The fourth-order valence-corrected chi connectivity index (χ4v) is 3.57. The first-order valence-corrected chi connectivity index (χ1v) is 8.58. The number of hydrogen-bond donors (Lipinski definition) is 1. The van der Waals surface area contributed by atoms with Crippen molar-refractivity contribution in [2.75, 3.05) is 12.0 Å². The van der Waals surface area contributed by atoms with Crippen molar-refractivity contribution in [3.8, 4) is 11.4 Å². The van der Waals surface area contributed by atoms with Crippen LogP contribution in [0.15, 0.2) is 27.8 Å². The Bertz CT molecular complexity index is 805. The Morgan fingerprint density at radius 1 is 1.30 bits per heavy atom. The Morgan fingerprint density at radius 2 is 2.10 bits per heavy atom. The molecule has 0 unspecified atom stereocenters. The fraction of sp³-hybridized carbons (Fsp3) is 0.0909. The van der Waals surface area contributed by atoms with E-state index in [-0.39, 0.29) is 5.95 Å². The lowest BCUT2D eigenvalue weighted by molar-refractivity contribution is 0.851. The van der Waals surface area contributed by atoms with Crippen molar-refractivity contribution in [2.24, 2.45) is 0 Å². The molecule has 0 bridgehead atoms. The number of nitrogen functional groups attached to an aromatic ring is 1. The number of nitrogens with two attached hydrogens (primary N) is 1. The molecular weight excluding hydrogens is 455 g/mol. The van der Waals surface area contributed by atoms with Crippen LogP contribution < -0.4 is 5.73 Å². The fourth-order valence-electron chi connectivity index (χ4n) is 1.66. The molecule has 1 aromatic carbocycles. The molecule has 0 atom stereocenters. The Kier molecular flexibility index (Phi) is 3.82. The number of rotatable bonds is 2. The minimum atomic E-state index is 0.283. The minimum absolute atomic E-state index is 0.283. The summed E-state index contributed by atoms with van der Waals surface area (Å²) in [7, 11) is 0. The molecule has 0 aliphatic heterocycles. The molecule has 0 radical (unpaired) electrons. The van der Waals surface area contributed by atoms with Gasteiger partial charge in [-0.1, -0.05) is 27.7 Å². The highest BCUT2D eigenvalue weighted by Crippen LogP contribution is 2.26. The summed E-state index contributed by atoms with van der Waals surface area (Å²) in [6.07, 6.45) is 1.89. The summed E-state index contributed by atoms with van der Waals surface area (Å²) in [6, 6.07) is 5.91. The molecule has 3 rings (SSSR count). The van der Waals surface area contributed by atoms with Crippen LogP contribution in [0.25, 0.3) is 17.2 Å². The molecule has 0 amide bonds. The molecule has 9 heteroatoms. The summed E-state index contributed by atoms with van der Waals surface area (Å²) in [6.45, 7) is 0. The van der Waals surface area contributed by atoms with Crippen LogP contribution in [0.1, 0.15) is 0 Å². The zero-order valence-corrected chi connectivity index (χ0v) is 14.8. The average Bonchev–Trinajstić information content (AvgIpc) is 2.82. The third kappa shape index (κ3) is 2.49. The van der Waals surface area contributed by atoms with Crippen molar-refractivity contribution in [1.82, 2.24) is 24.6 Å². The summed E-state index contributed by atoms with van der Waals surface area (Å²) in [5.41, 5.74) is 6.81. The SMILES string of the molecule is CSc1nc(N)n2nc(-c3ccc(Br)cc3I)nc2n1. The molecule has 3 aromatic rings. The molecule has 0 saturated carbocycles. The van der Waals surface area contributed by atoms with Crippen molar-refractivity contribution < 1.29 is 0 Å². The molecule has 0 saturated heterocycles. The van der Waals surface area contributed by atoms with E-state index in [0.717, 1.165) is 13.6 Å². The van der Waals surface area contributed by atoms with Gasteiger partial charge in [-0.25, -0.2) is 0 Å². The van der Waals surface area contributed by atoms with Gasteiger partial charge in [0.05, 0.1) is 0 Å². The number of anilines is 1. The maximum atomic E-state index is 5.87. The van der Waals surface area contributed by atoms with Gasteiger partial charge in [0.1, 0.15) is 0 Å². The Hall–Kier alpha value is -0.940. The summed E-state index contributed by atoms with van der Waals surface area (Å²) in [5, 5.41) is 4.96. The third-order valence-electron chi connectivity index (χ3n) is 2.57. The summed E-state index contributed by atoms with van der Waals surface area (Å²) in [4.78, 5) is 12.9. The van der Waals surface area contributed by atoms with Gasteiger partial charge in [0.25, 0.3) is 5.78 Å². The lowest BCUT2D eigenvalue weighted by atomic mass is 10.2. The van der Waals surface area contributed by atoms with Crippen LogP contribution >= 0.6 is 50.3 Å². The zero-order chi connectivity index (χ0) is 14.3. The Labute approximate surface area is 140 Å². The molecule has 0 fully saturated rings. The van der Waals surface area contributed by atoms with Gasteiger partial charge >= 0.3 is 0 Å². The van der Waals surface area contributed by atoms with E-state index in [1.54, 1.807) is 0 Å². The van der Waals surface area contributed by atoms with Gasteiger partial charge in [-0.15, -0.1) is 5.10 Å². The predicted octanol–water partition coefficient (Wildman–Crippen LogP) is 2.86. The Morgan fingerprint density at radius 3 is 2.80 bits per heavy atom. The molecule has 2 N–H and O–H groups in total. The smallest absolute Gasteiger partial charge is 0.258 e. The van der Waals surface area contributed by atoms with Crippen LogP contribution in [-0.2, 0) is 0 Å². The molecule has 102 valence electrons. The van der Waals surface area contributed by atoms with Crippen LogP contribution in [0.3, 0.4) is 0 Å². The first kappa shape index (κ1) is 14.0. The van der Waals surface area contributed by atoms with Crippen LogP contribution in [0, 0.1) is 3.57 Å². The molecular formula is C11H8BrIN6S. The maximum Gasteiger partial charge on any atom is 0.258 e. The number of benzene rings is 1. The minimum Gasteiger partial charge on any atom is -0.368 e. The maximum absolute atomic E-state index is 5.87. The number of thioether (sulfide) groups is 1. The lowest BCUT2D eigenvalue weighted by Crippen LogP contribution is -2.04. The first-order chi connectivity index (χ1) is 9.58. The van der Waals surface area contributed by atoms with E-state index in [9.17, 15) is 0 Å². The number of halogens is 2. The molecule has 6 nitrogen and oxygen atoms in total. The van der Waals surface area contributed by atoms with Crippen molar-refractivity contribution >= 4 is 62.0 Å². The highest BCUT2D eigenvalue weighted by molar-refractivity contribution is 14.1. The number of aromatic nitrogens is 5. The number of nitrogens with zero attached hydrogens (tertiary/aromatic N) is 5. The van der Waals surface area contributed by atoms with Gasteiger partial charge in [0.2, 0.25) is 5.95 Å². The Balaban J connectivity index is 2.20. The molecule has 0 aliphatic carbocycles. The lowest BCUT2D eigenvalue weighted by Gasteiger charge is -1.99. The van der Waals surface area contributed by atoms with Crippen LogP contribution in [0.5, 0.6) is 0 Å². The predicted molar refractivity (Wildman–Crippen MR) is 90.6 cm³/mol. The van der Waals surface area contributed by atoms with Gasteiger partial charge in [0, 0.05) is 13.6 Å². The summed E-state index contributed by atoms with van der Waals surface area (Å²) >= 11 is 7.10. The van der Waals surface area contributed by atoms with E-state index in [2.05, 4.69) is 58.6 Å². The quantitative estimate of drug-likeness (QED) is 0.465. The molecule has 20 heavy (non-hydrogen) atoms. The van der Waals surface area contributed by atoms with Crippen molar-refractivity contribution in [2.45, 2.75) is 5.16 Å². The van der Waals surface area contributed by atoms with Gasteiger partial charge in [-0.05, 0) is 47.0 Å².